The first-order valence-corrected chi connectivity index (χ1v) is 7.71. The van der Waals surface area contributed by atoms with Crippen LogP contribution >= 0.6 is 0 Å². The fourth-order valence-corrected chi connectivity index (χ4v) is 2.45. The number of hydrogen-bond donors (Lipinski definition) is 1. The highest BCUT2D eigenvalue weighted by atomic mass is 16.5. The van der Waals surface area contributed by atoms with Crippen LogP contribution in [0.3, 0.4) is 0 Å². The number of carbonyl (C=O) groups excluding carboxylic acids is 1. The smallest absolute Gasteiger partial charge is 0.246 e. The van der Waals surface area contributed by atoms with Crippen LogP contribution < -0.4 is 14.8 Å². The third kappa shape index (κ3) is 4.99. The summed E-state index contributed by atoms with van der Waals surface area (Å²) in [6.07, 6.45) is 0.672. The van der Waals surface area contributed by atoms with E-state index in [2.05, 4.69) is 5.32 Å². The summed E-state index contributed by atoms with van der Waals surface area (Å²) < 4.78 is 15.3. The second-order valence-electron chi connectivity index (χ2n) is 5.38. The van der Waals surface area contributed by atoms with E-state index in [9.17, 15) is 4.79 Å². The van der Waals surface area contributed by atoms with Gasteiger partial charge in [-0.15, -0.1) is 0 Å². The largest absolute Gasteiger partial charge is 0.497 e. The lowest BCUT2D eigenvalue weighted by molar-refractivity contribution is -0.125. The van der Waals surface area contributed by atoms with Crippen molar-refractivity contribution in [3.05, 3.63) is 59.7 Å². The predicted octanol–water partition coefficient (Wildman–Crippen LogP) is 2.75. The molecule has 1 unspecified atom stereocenters. The van der Waals surface area contributed by atoms with Gasteiger partial charge < -0.3 is 19.5 Å². The summed E-state index contributed by atoms with van der Waals surface area (Å²) in [5.41, 5.74) is 2.12. The van der Waals surface area contributed by atoms with E-state index in [-0.39, 0.29) is 18.6 Å². The highest BCUT2D eigenvalue weighted by molar-refractivity contribution is 5.77. The molecule has 0 fully saturated rings. The van der Waals surface area contributed by atoms with E-state index >= 15 is 0 Å². The van der Waals surface area contributed by atoms with Gasteiger partial charge in [0.25, 0.3) is 0 Å². The lowest BCUT2D eigenvalue weighted by atomic mass is 9.98. The lowest BCUT2D eigenvalue weighted by Crippen LogP contribution is -2.32. The van der Waals surface area contributed by atoms with E-state index in [1.54, 1.807) is 14.2 Å². The van der Waals surface area contributed by atoms with Gasteiger partial charge in [-0.1, -0.05) is 24.3 Å². The molecule has 5 heteroatoms. The van der Waals surface area contributed by atoms with Crippen LogP contribution in [0, 0.1) is 0 Å². The second kappa shape index (κ2) is 8.93. The Morgan fingerprint density at radius 1 is 0.917 bits per heavy atom. The number of rotatable bonds is 8. The monoisotopic (exact) mass is 329 g/mol. The van der Waals surface area contributed by atoms with Crippen molar-refractivity contribution >= 4 is 5.91 Å². The lowest BCUT2D eigenvalue weighted by Gasteiger charge is -2.20. The van der Waals surface area contributed by atoms with E-state index in [0.29, 0.717) is 6.42 Å². The first-order valence-electron chi connectivity index (χ1n) is 7.71. The van der Waals surface area contributed by atoms with Gasteiger partial charge in [0.05, 0.1) is 20.3 Å². The summed E-state index contributed by atoms with van der Waals surface area (Å²) in [7, 11) is 4.77. The Kier molecular flexibility index (Phi) is 6.63. The molecule has 0 aliphatic carbocycles. The average Bonchev–Trinajstić information content (AvgIpc) is 2.62. The predicted molar refractivity (Wildman–Crippen MR) is 92.5 cm³/mol. The first-order chi connectivity index (χ1) is 11.7. The Morgan fingerprint density at radius 3 is 1.96 bits per heavy atom. The highest BCUT2D eigenvalue weighted by Gasteiger charge is 2.15. The molecule has 0 heterocycles. The molecule has 0 aliphatic rings. The minimum atomic E-state index is -0.146. The van der Waals surface area contributed by atoms with Crippen LogP contribution in [-0.2, 0) is 16.0 Å². The van der Waals surface area contributed by atoms with Crippen molar-refractivity contribution in [1.82, 2.24) is 5.32 Å². The zero-order chi connectivity index (χ0) is 17.4. The molecule has 0 aliphatic heterocycles. The summed E-state index contributed by atoms with van der Waals surface area (Å²) in [5, 5.41) is 3.01. The maximum atomic E-state index is 12.0. The number of amides is 1. The number of carbonyl (C=O) groups is 1. The van der Waals surface area contributed by atoms with Crippen LogP contribution in [0.2, 0.25) is 0 Å². The van der Waals surface area contributed by atoms with Crippen molar-refractivity contribution in [2.45, 2.75) is 12.5 Å². The van der Waals surface area contributed by atoms with E-state index < -0.39 is 0 Å². The molecule has 0 saturated heterocycles. The zero-order valence-electron chi connectivity index (χ0n) is 14.2. The van der Waals surface area contributed by atoms with Crippen molar-refractivity contribution in [2.75, 3.05) is 27.9 Å². The Morgan fingerprint density at radius 2 is 1.46 bits per heavy atom. The zero-order valence-corrected chi connectivity index (χ0v) is 14.2. The topological polar surface area (TPSA) is 56.8 Å². The van der Waals surface area contributed by atoms with Gasteiger partial charge in [0, 0.05) is 7.11 Å². The normalized spacial score (nSPS) is 11.6. The molecule has 2 aromatic carbocycles. The molecule has 0 aromatic heterocycles. The van der Waals surface area contributed by atoms with Crippen LogP contribution in [0.1, 0.15) is 17.2 Å². The van der Waals surface area contributed by atoms with Crippen molar-refractivity contribution in [3.63, 3.8) is 0 Å². The summed E-state index contributed by atoms with van der Waals surface area (Å²) in [5.74, 6) is 1.44. The quantitative estimate of drug-likeness (QED) is 0.809. The van der Waals surface area contributed by atoms with E-state index in [1.807, 2.05) is 48.5 Å². The van der Waals surface area contributed by atoms with Crippen molar-refractivity contribution in [3.8, 4) is 11.5 Å². The minimum Gasteiger partial charge on any atom is -0.497 e. The van der Waals surface area contributed by atoms with Gasteiger partial charge in [0.15, 0.2) is 0 Å². The summed E-state index contributed by atoms with van der Waals surface area (Å²) in [6, 6.07) is 15.4. The van der Waals surface area contributed by atoms with Gasteiger partial charge in [-0.25, -0.2) is 0 Å². The number of nitrogens with one attached hydrogen (secondary N) is 1. The molecule has 2 rings (SSSR count). The van der Waals surface area contributed by atoms with Gasteiger partial charge in [-0.05, 0) is 41.8 Å². The number of methoxy groups -OCH3 is 3. The molecule has 1 atom stereocenters. The third-order valence-corrected chi connectivity index (χ3v) is 3.73. The maximum absolute atomic E-state index is 12.0. The molecule has 0 saturated carbocycles. The minimum absolute atomic E-state index is 0.0370. The molecule has 0 spiro atoms. The van der Waals surface area contributed by atoms with Crippen LogP contribution in [0.15, 0.2) is 48.5 Å². The molecule has 5 nitrogen and oxygen atoms in total. The summed E-state index contributed by atoms with van der Waals surface area (Å²) >= 11 is 0. The van der Waals surface area contributed by atoms with Gasteiger partial charge >= 0.3 is 0 Å². The second-order valence-corrected chi connectivity index (χ2v) is 5.38. The molecule has 0 radical (unpaired) electrons. The summed E-state index contributed by atoms with van der Waals surface area (Å²) in [6.45, 7) is 0.0370. The molecule has 24 heavy (non-hydrogen) atoms. The van der Waals surface area contributed by atoms with Crippen LogP contribution in [0.4, 0.5) is 0 Å². The van der Waals surface area contributed by atoms with Crippen LogP contribution in [0.5, 0.6) is 11.5 Å². The molecular formula is C19H23NO4. The van der Waals surface area contributed by atoms with Gasteiger partial charge in [0.2, 0.25) is 5.91 Å². The van der Waals surface area contributed by atoms with Gasteiger partial charge in [-0.3, -0.25) is 4.79 Å². The number of hydrogen-bond acceptors (Lipinski definition) is 4. The van der Waals surface area contributed by atoms with Crippen LogP contribution in [0.25, 0.3) is 0 Å². The molecular weight excluding hydrogens is 306 g/mol. The van der Waals surface area contributed by atoms with E-state index in [0.717, 1.165) is 22.6 Å². The van der Waals surface area contributed by atoms with E-state index in [4.69, 9.17) is 14.2 Å². The average molecular weight is 329 g/mol. The van der Waals surface area contributed by atoms with Crippen molar-refractivity contribution in [1.29, 1.82) is 0 Å². The van der Waals surface area contributed by atoms with E-state index in [1.165, 1.54) is 7.11 Å². The number of benzene rings is 2. The Balaban J connectivity index is 2.18. The van der Waals surface area contributed by atoms with Crippen LogP contribution in [-0.4, -0.2) is 33.8 Å². The molecule has 2 aromatic rings. The molecule has 0 bridgehead atoms. The van der Waals surface area contributed by atoms with Crippen molar-refractivity contribution < 1.29 is 19.0 Å². The van der Waals surface area contributed by atoms with Gasteiger partial charge in [-0.2, -0.15) is 0 Å². The third-order valence-electron chi connectivity index (χ3n) is 3.73. The molecule has 1 N–H and O–H groups in total. The molecule has 128 valence electrons. The Hall–Kier alpha value is -2.53. The first kappa shape index (κ1) is 17.8. The molecule has 1 amide bonds. The Labute approximate surface area is 142 Å². The van der Waals surface area contributed by atoms with Crippen molar-refractivity contribution in [2.24, 2.45) is 0 Å². The fourth-order valence-electron chi connectivity index (χ4n) is 2.45. The Bertz CT molecular complexity index is 637. The standard InChI is InChI=1S/C19H23NO4/c1-22-13-19(21)20-18(15-6-10-17(24-3)11-7-15)12-14-4-8-16(23-2)9-5-14/h4-11,18H,12-13H2,1-3H3,(H,20,21). The summed E-state index contributed by atoms with van der Waals surface area (Å²) in [4.78, 5) is 12.0. The fraction of sp³-hybridized carbons (Fsp3) is 0.316. The highest BCUT2D eigenvalue weighted by Crippen LogP contribution is 2.22. The van der Waals surface area contributed by atoms with Gasteiger partial charge in [0.1, 0.15) is 18.1 Å². The maximum Gasteiger partial charge on any atom is 0.246 e. The SMILES string of the molecule is COCC(=O)NC(Cc1ccc(OC)cc1)c1ccc(OC)cc1. The number of ether oxygens (including phenoxy) is 3.